The van der Waals surface area contributed by atoms with E-state index in [1.807, 2.05) is 49.4 Å². The number of rotatable bonds is 7. The van der Waals surface area contributed by atoms with Gasteiger partial charge in [-0.05, 0) is 54.8 Å². The summed E-state index contributed by atoms with van der Waals surface area (Å²) in [5.41, 5.74) is 0.152. The van der Waals surface area contributed by atoms with Crippen molar-refractivity contribution in [3.8, 4) is 5.75 Å². The molecular weight excluding hydrogens is 627 g/mol. The first-order chi connectivity index (χ1) is 22.8. The summed E-state index contributed by atoms with van der Waals surface area (Å²) in [6.45, 7) is 3.60. The smallest absolute Gasteiger partial charge is 0.416 e. The predicted octanol–water partition coefficient (Wildman–Crippen LogP) is 6.89. The Morgan fingerprint density at radius 3 is 2.33 bits per heavy atom. The fourth-order valence-corrected chi connectivity index (χ4v) is 5.48. The number of fused-ring (bicyclic) bond motifs is 2. The van der Waals surface area contributed by atoms with Gasteiger partial charge in [-0.2, -0.15) is 13.2 Å². The first-order valence-electron chi connectivity index (χ1n) is 15.3. The average Bonchev–Trinajstić information content (AvgIpc) is 3.06. The molecule has 1 heterocycles. The largest absolute Gasteiger partial charge is 0.485 e. The van der Waals surface area contributed by atoms with E-state index in [4.69, 9.17) is 4.74 Å². The molecule has 4 aromatic rings. The molecule has 10 nitrogen and oxygen atoms in total. The molecule has 0 aliphatic carbocycles. The third kappa shape index (κ3) is 7.63. The highest BCUT2D eigenvalue weighted by molar-refractivity contribution is 6.04. The normalized spacial score (nSPS) is 17.0. The molecule has 13 heteroatoms. The van der Waals surface area contributed by atoms with Crippen molar-refractivity contribution in [2.45, 2.75) is 32.2 Å². The number of ether oxygens (including phenoxy) is 1. The number of alkyl halides is 3. The summed E-state index contributed by atoms with van der Waals surface area (Å²) < 4.78 is 45.4. The van der Waals surface area contributed by atoms with Gasteiger partial charge in [-0.15, -0.1) is 0 Å². The van der Waals surface area contributed by atoms with Crippen LogP contribution in [0.3, 0.4) is 0 Å². The van der Waals surface area contributed by atoms with Crippen molar-refractivity contribution in [3.05, 3.63) is 96.1 Å². The van der Waals surface area contributed by atoms with Crippen LogP contribution in [-0.4, -0.2) is 71.8 Å². The van der Waals surface area contributed by atoms with E-state index < -0.39 is 35.8 Å². The maximum absolute atomic E-state index is 13.8. The van der Waals surface area contributed by atoms with Crippen molar-refractivity contribution in [3.63, 3.8) is 0 Å². The lowest BCUT2D eigenvalue weighted by Crippen LogP contribution is -2.50. The summed E-state index contributed by atoms with van der Waals surface area (Å²) in [4.78, 5) is 43.2. The fourth-order valence-electron chi connectivity index (χ4n) is 5.48. The monoisotopic (exact) mass is 663 g/mol. The number of anilines is 3. The lowest BCUT2D eigenvalue weighted by atomic mass is 9.99. The van der Waals surface area contributed by atoms with E-state index in [0.29, 0.717) is 5.69 Å². The minimum Gasteiger partial charge on any atom is -0.485 e. The molecule has 1 aliphatic heterocycles. The zero-order chi connectivity index (χ0) is 34.6. The third-order valence-corrected chi connectivity index (χ3v) is 8.24. The number of aliphatic hydroxyl groups excluding tert-OH is 1. The second-order valence-electron chi connectivity index (χ2n) is 11.8. The van der Waals surface area contributed by atoms with E-state index in [-0.39, 0.29) is 54.3 Å². The zero-order valence-corrected chi connectivity index (χ0v) is 26.5. The summed E-state index contributed by atoms with van der Waals surface area (Å²) in [7, 11) is 1.62. The van der Waals surface area contributed by atoms with Gasteiger partial charge < -0.3 is 35.6 Å². The van der Waals surface area contributed by atoms with Crippen LogP contribution in [-0.2, 0) is 6.18 Å². The molecular formula is C35H36F3N5O5. The van der Waals surface area contributed by atoms with Gasteiger partial charge in [0.25, 0.3) is 5.91 Å². The van der Waals surface area contributed by atoms with Crippen LogP contribution in [0.15, 0.2) is 84.9 Å². The number of carbonyl (C=O) groups excluding carboxylic acids is 3. The first-order valence-corrected chi connectivity index (χ1v) is 15.3. The molecule has 4 aromatic carbocycles. The van der Waals surface area contributed by atoms with Crippen molar-refractivity contribution in [1.82, 2.24) is 9.80 Å². The molecule has 0 bridgehead atoms. The molecule has 0 unspecified atom stereocenters. The third-order valence-electron chi connectivity index (χ3n) is 8.24. The van der Waals surface area contributed by atoms with Crippen LogP contribution in [0.2, 0.25) is 0 Å². The van der Waals surface area contributed by atoms with E-state index in [2.05, 4.69) is 16.0 Å². The number of hydrogen-bond acceptors (Lipinski definition) is 5. The zero-order valence-electron chi connectivity index (χ0n) is 26.5. The number of nitrogens with one attached hydrogen (secondary N) is 3. The lowest BCUT2D eigenvalue weighted by molar-refractivity contribution is -0.137. The van der Waals surface area contributed by atoms with E-state index in [9.17, 15) is 32.7 Å². The highest BCUT2D eigenvalue weighted by Gasteiger charge is 2.35. The van der Waals surface area contributed by atoms with E-state index in [0.717, 1.165) is 35.0 Å². The van der Waals surface area contributed by atoms with Gasteiger partial charge in [0.1, 0.15) is 6.10 Å². The summed E-state index contributed by atoms with van der Waals surface area (Å²) in [6.07, 6.45) is -5.19. The Hall–Kier alpha value is -5.30. The Balaban J connectivity index is 1.40. The Bertz CT molecular complexity index is 1790. The Labute approximate surface area is 275 Å². The van der Waals surface area contributed by atoms with Crippen molar-refractivity contribution in [2.24, 2.45) is 5.92 Å². The van der Waals surface area contributed by atoms with Crippen LogP contribution < -0.4 is 20.7 Å². The van der Waals surface area contributed by atoms with Crippen molar-refractivity contribution in [2.75, 3.05) is 42.7 Å². The molecule has 0 fully saturated rings. The highest BCUT2D eigenvalue weighted by Crippen LogP contribution is 2.35. The maximum Gasteiger partial charge on any atom is 0.416 e. The number of para-hydroxylation sites is 1. The molecule has 0 aromatic heterocycles. The van der Waals surface area contributed by atoms with Crippen LogP contribution >= 0.6 is 0 Å². The summed E-state index contributed by atoms with van der Waals surface area (Å²) in [5, 5.41) is 19.9. The van der Waals surface area contributed by atoms with Crippen LogP contribution in [0.25, 0.3) is 10.8 Å². The number of hydrogen-bond donors (Lipinski definition) is 4. The van der Waals surface area contributed by atoms with Gasteiger partial charge in [-0.3, -0.25) is 4.79 Å². The molecule has 5 amide bonds. The van der Waals surface area contributed by atoms with Crippen LogP contribution in [0.1, 0.15) is 29.8 Å². The number of carbonyl (C=O) groups is 3. The number of benzene rings is 4. The van der Waals surface area contributed by atoms with Crippen LogP contribution in [0, 0.1) is 5.92 Å². The number of halogens is 3. The van der Waals surface area contributed by atoms with Crippen molar-refractivity contribution < 1.29 is 37.4 Å². The Morgan fingerprint density at radius 2 is 1.62 bits per heavy atom. The summed E-state index contributed by atoms with van der Waals surface area (Å²) in [5.74, 6) is -0.705. The van der Waals surface area contributed by atoms with E-state index >= 15 is 0 Å². The summed E-state index contributed by atoms with van der Waals surface area (Å²) in [6, 6.07) is 20.2. The van der Waals surface area contributed by atoms with Crippen LogP contribution in [0.5, 0.6) is 5.75 Å². The van der Waals surface area contributed by atoms with Gasteiger partial charge >= 0.3 is 18.2 Å². The molecule has 48 heavy (non-hydrogen) atoms. The SMILES string of the molecule is C[C@@H]1CN([C@H](C)CO)C(=O)c2cccc(NC(=O)Nc3ccc(C(F)(F)F)cc3)c2O[C@@H]1CN(C)C(=O)Nc1cccc2ccccc12. The van der Waals surface area contributed by atoms with Gasteiger partial charge in [0.05, 0.1) is 41.7 Å². The molecule has 0 saturated carbocycles. The fraction of sp³-hybridized carbons (Fsp3) is 0.286. The minimum absolute atomic E-state index is 0.0552. The quantitative estimate of drug-likeness (QED) is 0.172. The van der Waals surface area contributed by atoms with Crippen molar-refractivity contribution in [1.29, 1.82) is 0 Å². The number of amides is 5. The molecule has 0 radical (unpaired) electrons. The molecule has 252 valence electrons. The number of urea groups is 2. The van der Waals surface area contributed by atoms with Crippen LogP contribution in [0.4, 0.5) is 39.8 Å². The van der Waals surface area contributed by atoms with Gasteiger partial charge in [0.15, 0.2) is 5.75 Å². The second kappa shape index (κ2) is 14.2. The van der Waals surface area contributed by atoms with Gasteiger partial charge in [0.2, 0.25) is 0 Å². The average molecular weight is 664 g/mol. The standard InChI is InChI=1S/C35H36F3N5O5/c1-21-18-43(22(2)20-44)32(45)27-11-7-13-29(40-33(46)39-25-16-14-24(15-17-25)35(36,37)38)31(27)48-30(21)19-42(3)34(47)41-28-12-6-9-23-8-4-5-10-26(23)28/h4-17,21-22,30,44H,18-20H2,1-3H3,(H,41,47)(H2,39,40,46)/t21-,22-,30-/m1/s1. The van der Waals surface area contributed by atoms with Gasteiger partial charge in [-0.1, -0.05) is 49.4 Å². The molecule has 5 rings (SSSR count). The summed E-state index contributed by atoms with van der Waals surface area (Å²) >= 11 is 0. The lowest BCUT2D eigenvalue weighted by Gasteiger charge is -2.38. The van der Waals surface area contributed by atoms with Crippen molar-refractivity contribution >= 4 is 45.8 Å². The number of aliphatic hydroxyl groups is 1. The predicted molar refractivity (Wildman–Crippen MR) is 177 cm³/mol. The molecule has 3 atom stereocenters. The maximum atomic E-state index is 13.8. The Morgan fingerprint density at radius 1 is 0.958 bits per heavy atom. The van der Waals surface area contributed by atoms with E-state index in [1.165, 1.54) is 21.9 Å². The highest BCUT2D eigenvalue weighted by atomic mass is 19.4. The van der Waals surface area contributed by atoms with E-state index in [1.54, 1.807) is 20.0 Å². The minimum atomic E-state index is -4.52. The molecule has 0 saturated heterocycles. The first kappa shape index (κ1) is 34.0. The molecule has 4 N–H and O–H groups in total. The topological polar surface area (TPSA) is 123 Å². The molecule has 0 spiro atoms. The van der Waals surface area contributed by atoms with Gasteiger partial charge in [-0.25, -0.2) is 9.59 Å². The number of nitrogens with zero attached hydrogens (tertiary/aromatic N) is 2. The Kier molecular flexibility index (Phi) is 10.1. The molecule has 1 aliphatic rings. The number of likely N-dealkylation sites (N-methyl/N-ethyl adjacent to an activating group) is 1. The van der Waals surface area contributed by atoms with Gasteiger partial charge in [0, 0.05) is 30.6 Å². The second-order valence-corrected chi connectivity index (χ2v) is 11.8.